The molecule has 7 aromatic rings. The van der Waals surface area contributed by atoms with E-state index in [2.05, 4.69) is 174 Å². The molecule has 3 aliphatic heterocycles. The van der Waals surface area contributed by atoms with Crippen LogP contribution in [0.15, 0.2) is 216 Å². The maximum atomic E-state index is 9.55. The number of aliphatic imine (C=N–C) groups is 2. The van der Waals surface area contributed by atoms with E-state index in [1.54, 1.807) is 0 Å². The lowest BCUT2D eigenvalue weighted by Crippen LogP contribution is -2.21. The van der Waals surface area contributed by atoms with Crippen LogP contribution in [-0.4, -0.2) is 21.0 Å². The Kier molecular flexibility index (Phi) is 8.55. The van der Waals surface area contributed by atoms with Crippen molar-refractivity contribution in [2.45, 2.75) is 6.54 Å². The average molecular weight is 730 g/mol. The van der Waals surface area contributed by atoms with E-state index in [-0.39, 0.29) is 0 Å². The number of allylic oxidation sites excluding steroid dienone is 4. The van der Waals surface area contributed by atoms with Gasteiger partial charge in [0.05, 0.1) is 40.1 Å². The Morgan fingerprint density at radius 2 is 0.930 bits per heavy atom. The summed E-state index contributed by atoms with van der Waals surface area (Å²) in [6, 6.07) is 58.8. The Labute approximate surface area is 331 Å². The molecule has 0 amide bonds. The van der Waals surface area contributed by atoms with Gasteiger partial charge < -0.3 is 9.55 Å². The standard InChI is InChI=1S/C52H35N5/c53-32-35-21-23-36(24-22-35)33-57-34-41-31-48(57)52(40-19-11-4-12-20-40)47-30-29-46(56-47)51(39-17-9-3-10-18-39)45-28-27-44(55-45)50(38-15-7-2-8-16-38)43-26-25-42(54-43)49(41)37-13-5-1-6-14-37/h1-31,34,55H,33H2. The Morgan fingerprint density at radius 1 is 0.474 bits per heavy atom. The second kappa shape index (κ2) is 14.4. The minimum Gasteiger partial charge on any atom is -0.354 e. The summed E-state index contributed by atoms with van der Waals surface area (Å²) < 4.78 is 2.32. The molecule has 8 bridgehead atoms. The van der Waals surface area contributed by atoms with Crippen LogP contribution in [0.4, 0.5) is 0 Å². The predicted molar refractivity (Wildman–Crippen MR) is 231 cm³/mol. The summed E-state index contributed by atoms with van der Waals surface area (Å²) in [5.41, 5.74) is 15.7. The van der Waals surface area contributed by atoms with Crippen LogP contribution in [0.2, 0.25) is 0 Å². The number of nitrogens with one attached hydrogen (secondary N) is 1. The Bertz CT molecular complexity index is 3040. The summed E-state index contributed by atoms with van der Waals surface area (Å²) in [6.45, 7) is 0.588. The van der Waals surface area contributed by atoms with E-state index in [1.165, 1.54) is 0 Å². The predicted octanol–water partition coefficient (Wildman–Crippen LogP) is 9.39. The highest BCUT2D eigenvalue weighted by Crippen LogP contribution is 2.38. The zero-order valence-electron chi connectivity index (χ0n) is 31.0. The van der Waals surface area contributed by atoms with E-state index >= 15 is 0 Å². The Hall–Kier alpha value is -7.81. The number of H-pyrrole nitrogens is 1. The van der Waals surface area contributed by atoms with Gasteiger partial charge in [0.1, 0.15) is 0 Å². The van der Waals surface area contributed by atoms with Crippen LogP contribution in [0.25, 0.3) is 22.3 Å². The zero-order valence-corrected chi connectivity index (χ0v) is 31.0. The molecular formula is C52H35N5. The van der Waals surface area contributed by atoms with Gasteiger partial charge in [-0.05, 0) is 82.5 Å². The van der Waals surface area contributed by atoms with Gasteiger partial charge >= 0.3 is 0 Å². The summed E-state index contributed by atoms with van der Waals surface area (Å²) in [7, 11) is 0. The smallest absolute Gasteiger partial charge is 0.0991 e. The van der Waals surface area contributed by atoms with Crippen LogP contribution < -0.4 is 10.7 Å². The van der Waals surface area contributed by atoms with Crippen LogP contribution in [0.5, 0.6) is 0 Å². The van der Waals surface area contributed by atoms with E-state index < -0.39 is 0 Å². The van der Waals surface area contributed by atoms with Gasteiger partial charge in [-0.3, -0.25) is 0 Å². The van der Waals surface area contributed by atoms with Crippen molar-refractivity contribution in [2.75, 3.05) is 0 Å². The van der Waals surface area contributed by atoms with Gasteiger partial charge in [-0.15, -0.1) is 0 Å². The molecule has 0 atom stereocenters. The molecule has 5 heterocycles. The Balaban J connectivity index is 1.33. The number of aromatic amines is 1. The first-order valence-corrected chi connectivity index (χ1v) is 19.1. The molecule has 0 saturated heterocycles. The van der Waals surface area contributed by atoms with Crippen molar-refractivity contribution in [1.29, 1.82) is 5.26 Å². The second-order valence-electron chi connectivity index (χ2n) is 14.2. The van der Waals surface area contributed by atoms with Crippen LogP contribution in [0.3, 0.4) is 0 Å². The molecule has 0 spiro atoms. The lowest BCUT2D eigenvalue weighted by atomic mass is 9.96. The third kappa shape index (κ3) is 6.36. The fraction of sp³-hybridized carbons (Fsp3) is 0.0192. The van der Waals surface area contributed by atoms with Crippen molar-refractivity contribution in [3.63, 3.8) is 0 Å². The number of aromatic nitrogens is 2. The maximum absolute atomic E-state index is 9.55. The fourth-order valence-corrected chi connectivity index (χ4v) is 8.03. The van der Waals surface area contributed by atoms with Crippen LogP contribution in [0.1, 0.15) is 44.6 Å². The van der Waals surface area contributed by atoms with Gasteiger partial charge in [0, 0.05) is 51.3 Å². The summed E-state index contributed by atoms with van der Waals surface area (Å²) in [5.74, 6) is 0. The highest BCUT2D eigenvalue weighted by Gasteiger charge is 2.25. The molecule has 2 aromatic heterocycles. The molecular weight excluding hydrogens is 695 g/mol. The van der Waals surface area contributed by atoms with E-state index in [9.17, 15) is 5.26 Å². The first-order valence-electron chi connectivity index (χ1n) is 19.1. The number of hydrogen-bond acceptors (Lipinski definition) is 3. The van der Waals surface area contributed by atoms with Crippen molar-refractivity contribution in [3.05, 3.63) is 261 Å². The van der Waals surface area contributed by atoms with Gasteiger partial charge in [-0.2, -0.15) is 5.26 Å². The maximum Gasteiger partial charge on any atom is 0.0991 e. The molecule has 0 unspecified atom stereocenters. The molecule has 0 radical (unpaired) electrons. The lowest BCUT2D eigenvalue weighted by Gasteiger charge is -2.15. The SMILES string of the molecule is N#Cc1ccc(Cn2cc3cc2C(c2ccccc2)=C2C=CC(=N2)C(c2ccccc2)=c2ccc([nH]2)=C(c2ccccc2)C2=NC(=C3c3ccccc3)C=C2)cc1. The zero-order chi connectivity index (χ0) is 38.1. The van der Waals surface area contributed by atoms with E-state index in [4.69, 9.17) is 9.98 Å². The lowest BCUT2D eigenvalue weighted by molar-refractivity contribution is 0.793. The van der Waals surface area contributed by atoms with Gasteiger partial charge in [-0.25, -0.2) is 9.98 Å². The minimum absolute atomic E-state index is 0.588. The number of nitriles is 1. The molecule has 0 fully saturated rings. The highest BCUT2D eigenvalue weighted by molar-refractivity contribution is 6.31. The van der Waals surface area contributed by atoms with Crippen molar-refractivity contribution < 1.29 is 0 Å². The van der Waals surface area contributed by atoms with Crippen LogP contribution >= 0.6 is 0 Å². The first-order chi connectivity index (χ1) is 28.2. The molecule has 5 aromatic carbocycles. The third-order valence-corrected chi connectivity index (χ3v) is 10.7. The molecule has 268 valence electrons. The first kappa shape index (κ1) is 33.7. The monoisotopic (exact) mass is 729 g/mol. The normalized spacial score (nSPS) is 14.6. The third-order valence-electron chi connectivity index (χ3n) is 10.7. The topological polar surface area (TPSA) is 69.2 Å². The molecule has 5 heteroatoms. The summed E-state index contributed by atoms with van der Waals surface area (Å²) in [5, 5.41) is 11.5. The average Bonchev–Trinajstić information content (AvgIpc) is 4.11. The van der Waals surface area contributed by atoms with Crippen molar-refractivity contribution in [2.24, 2.45) is 9.98 Å². The van der Waals surface area contributed by atoms with E-state index in [0.717, 1.165) is 94.9 Å². The highest BCUT2D eigenvalue weighted by atomic mass is 15.0. The number of hydrogen-bond donors (Lipinski definition) is 1. The summed E-state index contributed by atoms with van der Waals surface area (Å²) in [4.78, 5) is 14.8. The molecule has 10 rings (SSSR count). The van der Waals surface area contributed by atoms with Crippen LogP contribution in [0, 0.1) is 11.3 Å². The molecule has 5 nitrogen and oxygen atoms in total. The molecule has 0 aliphatic carbocycles. The molecule has 1 N–H and O–H groups in total. The quantitative estimate of drug-likeness (QED) is 0.182. The van der Waals surface area contributed by atoms with Crippen molar-refractivity contribution >= 4 is 33.7 Å². The van der Waals surface area contributed by atoms with Gasteiger partial charge in [0.2, 0.25) is 0 Å². The van der Waals surface area contributed by atoms with Gasteiger partial charge in [-0.1, -0.05) is 133 Å². The number of fused-ring (bicyclic) bond motifs is 6. The summed E-state index contributed by atoms with van der Waals surface area (Å²) >= 11 is 0. The second-order valence-corrected chi connectivity index (χ2v) is 14.2. The van der Waals surface area contributed by atoms with E-state index in [0.29, 0.717) is 12.1 Å². The van der Waals surface area contributed by atoms with Crippen molar-refractivity contribution in [3.8, 4) is 6.07 Å². The largest absolute Gasteiger partial charge is 0.354 e. The fourth-order valence-electron chi connectivity index (χ4n) is 8.03. The Morgan fingerprint density at radius 3 is 1.42 bits per heavy atom. The molecule has 3 aliphatic rings. The number of nitrogens with zero attached hydrogens (tertiary/aromatic N) is 4. The minimum atomic E-state index is 0.588. The summed E-state index contributed by atoms with van der Waals surface area (Å²) in [6.07, 6.45) is 10.8. The van der Waals surface area contributed by atoms with Crippen LogP contribution in [-0.2, 0) is 6.54 Å². The number of benzene rings is 5. The molecule has 57 heavy (non-hydrogen) atoms. The van der Waals surface area contributed by atoms with Gasteiger partial charge in [0.15, 0.2) is 0 Å². The van der Waals surface area contributed by atoms with Gasteiger partial charge in [0.25, 0.3) is 0 Å². The number of rotatable bonds is 6. The van der Waals surface area contributed by atoms with E-state index in [1.807, 2.05) is 36.4 Å². The van der Waals surface area contributed by atoms with Crippen molar-refractivity contribution in [1.82, 2.24) is 9.55 Å². The molecule has 0 saturated carbocycles.